The van der Waals surface area contributed by atoms with E-state index >= 15 is 0 Å². The molecule has 0 unspecified atom stereocenters. The Morgan fingerprint density at radius 2 is 2.04 bits per heavy atom. The first kappa shape index (κ1) is 16.0. The summed E-state index contributed by atoms with van der Waals surface area (Å²) in [4.78, 5) is 28.1. The van der Waals surface area contributed by atoms with Crippen LogP contribution in [0.3, 0.4) is 0 Å². The molecule has 0 saturated carbocycles. The van der Waals surface area contributed by atoms with Gasteiger partial charge in [-0.05, 0) is 24.3 Å². The van der Waals surface area contributed by atoms with Crippen molar-refractivity contribution < 1.29 is 18.7 Å². The lowest BCUT2D eigenvalue weighted by Crippen LogP contribution is -2.28. The van der Waals surface area contributed by atoms with E-state index in [0.717, 1.165) is 0 Å². The number of benzene rings is 1. The van der Waals surface area contributed by atoms with Crippen molar-refractivity contribution in [2.24, 2.45) is 0 Å². The molecule has 6 nitrogen and oxygen atoms in total. The van der Waals surface area contributed by atoms with Crippen molar-refractivity contribution in [3.8, 4) is 0 Å². The van der Waals surface area contributed by atoms with Crippen LogP contribution in [0.4, 0.5) is 0 Å². The van der Waals surface area contributed by atoms with E-state index in [1.165, 1.54) is 12.3 Å². The van der Waals surface area contributed by atoms with E-state index in [9.17, 15) is 9.59 Å². The molecule has 0 aliphatic heterocycles. The molecule has 2 aromatic heterocycles. The Morgan fingerprint density at radius 3 is 2.83 bits per heavy atom. The molecule has 1 N–H and O–H groups in total. The quantitative estimate of drug-likeness (QED) is 0.568. The minimum atomic E-state index is -0.636. The highest BCUT2D eigenvalue weighted by atomic mass is 35.5. The van der Waals surface area contributed by atoms with Crippen LogP contribution in [0.2, 0.25) is 5.15 Å². The van der Waals surface area contributed by atoms with Gasteiger partial charge in [-0.2, -0.15) is 0 Å². The number of pyridine rings is 1. The summed E-state index contributed by atoms with van der Waals surface area (Å²) in [5, 5.41) is 3.39. The van der Waals surface area contributed by atoms with E-state index in [-0.39, 0.29) is 17.3 Å². The van der Waals surface area contributed by atoms with Crippen LogP contribution in [0.5, 0.6) is 0 Å². The standard InChI is InChI=1S/C17H13ClN2O4/c18-15-8-13(12-5-1-2-6-14(12)20-15)17(22)24-10-16(21)19-9-11-4-3-7-23-11/h1-8H,9-10H2,(H,19,21). The fourth-order valence-electron chi connectivity index (χ4n) is 2.17. The zero-order chi connectivity index (χ0) is 16.9. The summed E-state index contributed by atoms with van der Waals surface area (Å²) >= 11 is 5.93. The van der Waals surface area contributed by atoms with E-state index in [0.29, 0.717) is 16.7 Å². The van der Waals surface area contributed by atoms with Crippen LogP contribution < -0.4 is 5.32 Å². The Labute approximate surface area is 142 Å². The second-order valence-corrected chi connectivity index (χ2v) is 5.33. The molecule has 122 valence electrons. The number of carbonyl (C=O) groups excluding carboxylic acids is 2. The number of amides is 1. The lowest BCUT2D eigenvalue weighted by Gasteiger charge is -2.08. The van der Waals surface area contributed by atoms with E-state index in [2.05, 4.69) is 10.3 Å². The van der Waals surface area contributed by atoms with E-state index in [4.69, 9.17) is 20.8 Å². The zero-order valence-corrected chi connectivity index (χ0v) is 13.2. The van der Waals surface area contributed by atoms with Crippen LogP contribution in [0.25, 0.3) is 10.9 Å². The molecular formula is C17H13ClN2O4. The van der Waals surface area contributed by atoms with Gasteiger partial charge in [-0.15, -0.1) is 0 Å². The number of hydrogen-bond acceptors (Lipinski definition) is 5. The van der Waals surface area contributed by atoms with Crippen molar-refractivity contribution in [2.75, 3.05) is 6.61 Å². The van der Waals surface area contributed by atoms with Crippen molar-refractivity contribution in [1.82, 2.24) is 10.3 Å². The molecule has 3 rings (SSSR count). The average Bonchev–Trinajstić information content (AvgIpc) is 3.10. The smallest absolute Gasteiger partial charge is 0.339 e. The summed E-state index contributed by atoms with van der Waals surface area (Å²) in [6.45, 7) is -0.165. The number of ether oxygens (including phenoxy) is 1. The number of fused-ring (bicyclic) bond motifs is 1. The van der Waals surface area contributed by atoms with E-state index in [1.54, 1.807) is 36.4 Å². The van der Waals surface area contributed by atoms with Gasteiger partial charge in [-0.3, -0.25) is 4.79 Å². The highest BCUT2D eigenvalue weighted by Crippen LogP contribution is 2.21. The largest absolute Gasteiger partial charge is 0.467 e. The van der Waals surface area contributed by atoms with Crippen molar-refractivity contribution in [1.29, 1.82) is 0 Å². The number of hydrogen-bond donors (Lipinski definition) is 1. The van der Waals surface area contributed by atoms with Crippen LogP contribution >= 0.6 is 11.6 Å². The number of para-hydroxylation sites is 1. The van der Waals surface area contributed by atoms with Crippen LogP contribution in [0, 0.1) is 0 Å². The second kappa shape index (κ2) is 7.14. The van der Waals surface area contributed by atoms with Gasteiger partial charge >= 0.3 is 5.97 Å². The third-order valence-electron chi connectivity index (χ3n) is 3.28. The minimum Gasteiger partial charge on any atom is -0.467 e. The van der Waals surface area contributed by atoms with Gasteiger partial charge in [0.25, 0.3) is 5.91 Å². The Balaban J connectivity index is 1.64. The third-order valence-corrected chi connectivity index (χ3v) is 3.47. The molecule has 1 aromatic carbocycles. The molecule has 0 aliphatic carbocycles. The van der Waals surface area contributed by atoms with Crippen LogP contribution in [-0.2, 0) is 16.1 Å². The molecule has 0 saturated heterocycles. The number of aromatic nitrogens is 1. The Kier molecular flexibility index (Phi) is 4.77. The molecule has 0 bridgehead atoms. The van der Waals surface area contributed by atoms with Crippen molar-refractivity contribution >= 4 is 34.4 Å². The van der Waals surface area contributed by atoms with Gasteiger partial charge in [0.05, 0.1) is 23.9 Å². The van der Waals surface area contributed by atoms with Gasteiger partial charge in [0.2, 0.25) is 0 Å². The normalized spacial score (nSPS) is 10.5. The Hall–Kier alpha value is -2.86. The van der Waals surface area contributed by atoms with Crippen LogP contribution in [0.1, 0.15) is 16.1 Å². The molecular weight excluding hydrogens is 332 g/mol. The summed E-state index contributed by atoms with van der Waals surface area (Å²) in [5.74, 6) is -0.450. The maximum Gasteiger partial charge on any atom is 0.339 e. The molecule has 1 amide bonds. The average molecular weight is 345 g/mol. The molecule has 0 aliphatic rings. The topological polar surface area (TPSA) is 81.4 Å². The fourth-order valence-corrected chi connectivity index (χ4v) is 2.37. The summed E-state index contributed by atoms with van der Waals surface area (Å²) in [7, 11) is 0. The van der Waals surface area contributed by atoms with Gasteiger partial charge < -0.3 is 14.5 Å². The lowest BCUT2D eigenvalue weighted by atomic mass is 10.1. The SMILES string of the molecule is O=C(COC(=O)c1cc(Cl)nc2ccccc12)NCc1ccco1. The van der Waals surface area contributed by atoms with Gasteiger partial charge in [-0.1, -0.05) is 29.8 Å². The molecule has 7 heteroatoms. The van der Waals surface area contributed by atoms with Crippen molar-refractivity contribution in [3.63, 3.8) is 0 Å². The first-order valence-corrected chi connectivity index (χ1v) is 7.53. The maximum absolute atomic E-state index is 12.2. The second-order valence-electron chi connectivity index (χ2n) is 4.94. The monoisotopic (exact) mass is 344 g/mol. The highest BCUT2D eigenvalue weighted by Gasteiger charge is 2.15. The van der Waals surface area contributed by atoms with E-state index < -0.39 is 18.5 Å². The summed E-state index contributed by atoms with van der Waals surface area (Å²) < 4.78 is 10.2. The molecule has 0 atom stereocenters. The number of esters is 1. The van der Waals surface area contributed by atoms with Crippen LogP contribution in [0.15, 0.2) is 53.1 Å². The van der Waals surface area contributed by atoms with Crippen LogP contribution in [-0.4, -0.2) is 23.5 Å². The summed E-state index contributed by atoms with van der Waals surface area (Å²) in [6.07, 6.45) is 1.51. The predicted molar refractivity (Wildman–Crippen MR) is 87.6 cm³/mol. The molecule has 0 radical (unpaired) electrons. The number of rotatable bonds is 5. The third kappa shape index (κ3) is 3.72. The number of carbonyl (C=O) groups is 2. The van der Waals surface area contributed by atoms with Gasteiger partial charge in [0, 0.05) is 5.39 Å². The fraction of sp³-hybridized carbons (Fsp3) is 0.118. The molecule has 3 aromatic rings. The number of nitrogens with one attached hydrogen (secondary N) is 1. The lowest BCUT2D eigenvalue weighted by molar-refractivity contribution is -0.124. The molecule has 0 fully saturated rings. The number of nitrogens with zero attached hydrogens (tertiary/aromatic N) is 1. The van der Waals surface area contributed by atoms with Gasteiger partial charge in [0.15, 0.2) is 6.61 Å². The molecule has 2 heterocycles. The first-order chi connectivity index (χ1) is 11.6. The van der Waals surface area contributed by atoms with Gasteiger partial charge in [0.1, 0.15) is 10.9 Å². The Morgan fingerprint density at radius 1 is 1.21 bits per heavy atom. The minimum absolute atomic E-state index is 0.183. The predicted octanol–water partition coefficient (Wildman–Crippen LogP) is 2.95. The van der Waals surface area contributed by atoms with E-state index in [1.807, 2.05) is 0 Å². The Bertz CT molecular complexity index is 877. The maximum atomic E-state index is 12.2. The highest BCUT2D eigenvalue weighted by molar-refractivity contribution is 6.30. The molecule has 0 spiro atoms. The molecule has 24 heavy (non-hydrogen) atoms. The summed E-state index contributed by atoms with van der Waals surface area (Å²) in [5.41, 5.74) is 0.851. The van der Waals surface area contributed by atoms with Crippen molar-refractivity contribution in [3.05, 3.63) is 65.2 Å². The number of furan rings is 1. The van der Waals surface area contributed by atoms with Gasteiger partial charge in [-0.25, -0.2) is 9.78 Å². The summed E-state index contributed by atoms with van der Waals surface area (Å²) in [6, 6.07) is 11.9. The van der Waals surface area contributed by atoms with Crippen molar-refractivity contribution in [2.45, 2.75) is 6.54 Å². The zero-order valence-electron chi connectivity index (χ0n) is 12.5. The number of halogens is 1. The first-order valence-electron chi connectivity index (χ1n) is 7.15.